The predicted octanol–water partition coefficient (Wildman–Crippen LogP) is 4.30. The van der Waals surface area contributed by atoms with Crippen LogP contribution in [0.2, 0.25) is 0 Å². The van der Waals surface area contributed by atoms with Gasteiger partial charge >= 0.3 is 0 Å². The summed E-state index contributed by atoms with van der Waals surface area (Å²) in [6, 6.07) is 1.37. The van der Waals surface area contributed by atoms with E-state index >= 15 is 0 Å². The zero-order valence-corrected chi connectivity index (χ0v) is 13.7. The lowest BCUT2D eigenvalue weighted by molar-refractivity contribution is -0.119. The number of amides is 1. The van der Waals surface area contributed by atoms with E-state index in [1.807, 2.05) is 13.8 Å². The van der Waals surface area contributed by atoms with E-state index in [-0.39, 0.29) is 25.5 Å². The molecule has 0 aromatic carbocycles. The van der Waals surface area contributed by atoms with Gasteiger partial charge < -0.3 is 5.32 Å². The number of aliphatic imine (C=N–C) groups is 1. The molecule has 4 heteroatoms. The number of nitrogens with one attached hydrogen (secondary N) is 1. The summed E-state index contributed by atoms with van der Waals surface area (Å²) < 4.78 is -0.343. The molecule has 1 fully saturated rings. The molecule has 1 N–H and O–H groups in total. The normalized spacial score (nSPS) is 27.7. The van der Waals surface area contributed by atoms with Crippen LogP contribution in [0.3, 0.4) is 0 Å². The molecule has 0 saturated heterocycles. The molecule has 2 aliphatic rings. The van der Waals surface area contributed by atoms with E-state index < -0.39 is 0 Å². The Kier molecular flexibility index (Phi) is 8.48. The molecule has 1 saturated carbocycles. The average molecular weight is 295 g/mol. The first-order chi connectivity index (χ1) is 8.64. The number of nitrogens with zero attached hydrogens (tertiary/aromatic N) is 1. The minimum absolute atomic E-state index is 0. The van der Waals surface area contributed by atoms with Crippen molar-refractivity contribution in [2.75, 3.05) is 0 Å². The Labute approximate surface area is 129 Å². The maximum atomic E-state index is 11.8. The molecule has 1 aliphatic heterocycles. The highest BCUT2D eigenvalue weighted by Crippen LogP contribution is 2.36. The third kappa shape index (κ3) is 4.80. The van der Waals surface area contributed by atoms with Crippen LogP contribution in [0.5, 0.6) is 0 Å². The van der Waals surface area contributed by atoms with Gasteiger partial charge in [0.1, 0.15) is 4.75 Å². The average Bonchev–Trinajstić information content (AvgIpc) is 2.59. The molecule has 1 heterocycles. The predicted molar refractivity (Wildman–Crippen MR) is 88.1 cm³/mol. The maximum Gasteiger partial charge on any atom is 0.264 e. The minimum atomic E-state index is -0.343. The van der Waals surface area contributed by atoms with Crippen molar-refractivity contribution in [2.24, 2.45) is 4.99 Å². The van der Waals surface area contributed by atoms with Crippen LogP contribution in [0.1, 0.15) is 65.2 Å². The second kappa shape index (κ2) is 8.71. The van der Waals surface area contributed by atoms with Gasteiger partial charge in [-0.25, -0.2) is 0 Å². The Morgan fingerprint density at radius 2 is 1.70 bits per heavy atom. The fourth-order valence-electron chi connectivity index (χ4n) is 2.38. The number of thioether (sulfide) groups is 1. The van der Waals surface area contributed by atoms with Crippen molar-refractivity contribution in [1.82, 2.24) is 5.32 Å². The monoisotopic (exact) mass is 295 g/mol. The van der Waals surface area contributed by atoms with Crippen molar-refractivity contribution in [2.45, 2.75) is 70.0 Å². The molecule has 0 bridgehead atoms. The first kappa shape index (κ1) is 19.5. The van der Waals surface area contributed by atoms with Crippen LogP contribution < -0.4 is 5.32 Å². The smallest absolute Gasteiger partial charge is 0.264 e. The van der Waals surface area contributed by atoms with Gasteiger partial charge in [-0.05, 0) is 26.2 Å². The molecule has 3 nitrogen and oxygen atoms in total. The molecule has 20 heavy (non-hydrogen) atoms. The second-order valence-corrected chi connectivity index (χ2v) is 6.90. The lowest BCUT2D eigenvalue weighted by Crippen LogP contribution is -2.29. The van der Waals surface area contributed by atoms with E-state index in [1.54, 1.807) is 11.8 Å². The van der Waals surface area contributed by atoms with Gasteiger partial charge in [-0.1, -0.05) is 65.6 Å². The van der Waals surface area contributed by atoms with Crippen LogP contribution in [0.4, 0.5) is 0 Å². The fraction of sp³-hybridized carbons (Fsp3) is 0.688. The molecular formula is C16H27N2OS. The van der Waals surface area contributed by atoms with Crippen LogP contribution in [0, 0.1) is 20.9 Å². The standard InChI is InChI=1S/C14H23N2OS.2CH2/c1-3-14(2)12(17)16-13(18-14)15-11-9-7-5-4-6-8-10-11;;/h3-10H2,1-2H3,(H,15,16,17);2*1H2. The quantitative estimate of drug-likeness (QED) is 0.825. The first-order valence-electron chi connectivity index (χ1n) is 7.08. The van der Waals surface area contributed by atoms with E-state index in [0.717, 1.165) is 24.4 Å². The van der Waals surface area contributed by atoms with Crippen LogP contribution in [0.15, 0.2) is 4.99 Å². The molecule has 0 spiro atoms. The Morgan fingerprint density at radius 3 is 2.20 bits per heavy atom. The third-order valence-electron chi connectivity index (χ3n) is 3.89. The zero-order chi connectivity index (χ0) is 13.0. The van der Waals surface area contributed by atoms with Gasteiger partial charge in [-0.2, -0.15) is 4.99 Å². The van der Waals surface area contributed by atoms with Gasteiger partial charge in [-0.3, -0.25) is 4.79 Å². The summed E-state index contributed by atoms with van der Waals surface area (Å²) in [5, 5.41) is 4.23. The van der Waals surface area contributed by atoms with Crippen molar-refractivity contribution >= 4 is 22.8 Å². The first-order valence-corrected chi connectivity index (χ1v) is 7.89. The highest BCUT2D eigenvalue weighted by Gasteiger charge is 2.39. The minimum Gasteiger partial charge on any atom is -0.357 e. The summed E-state index contributed by atoms with van der Waals surface area (Å²) >= 11 is 1.60. The molecule has 0 aromatic rings. The number of hydrogen-bond donors (Lipinski definition) is 1. The fourth-order valence-corrected chi connectivity index (χ4v) is 3.40. The van der Waals surface area contributed by atoms with E-state index in [4.69, 9.17) is 0 Å². The summed E-state index contributed by atoms with van der Waals surface area (Å²) in [5.41, 5.74) is 0. The highest BCUT2D eigenvalue weighted by atomic mass is 32.2. The summed E-state index contributed by atoms with van der Waals surface area (Å²) in [4.78, 5) is 16.0. The van der Waals surface area contributed by atoms with Gasteiger partial charge in [-0.15, -0.1) is 0 Å². The van der Waals surface area contributed by atoms with E-state index in [9.17, 15) is 4.79 Å². The molecule has 2 rings (SSSR count). The summed E-state index contributed by atoms with van der Waals surface area (Å²) in [6.07, 6.45) is 9.66. The summed E-state index contributed by atoms with van der Waals surface area (Å²) in [7, 11) is 0. The summed E-state index contributed by atoms with van der Waals surface area (Å²) in [5.74, 6) is 0.0175. The molecule has 113 valence electrons. The van der Waals surface area contributed by atoms with Crippen LogP contribution in [-0.4, -0.2) is 15.8 Å². The molecule has 5 radical (unpaired) electrons. The molecular weight excluding hydrogens is 268 g/mol. The molecule has 1 atom stereocenters. The van der Waals surface area contributed by atoms with Gasteiger partial charge in [0.05, 0.1) is 6.04 Å². The Bertz CT molecular complexity index is 335. The lowest BCUT2D eigenvalue weighted by Gasteiger charge is -2.22. The summed E-state index contributed by atoms with van der Waals surface area (Å²) in [6.45, 7) is 4.04. The van der Waals surface area contributed by atoms with Crippen LogP contribution in [-0.2, 0) is 4.79 Å². The number of hydrogen-bond acceptors (Lipinski definition) is 3. The molecule has 1 unspecified atom stereocenters. The van der Waals surface area contributed by atoms with Crippen LogP contribution in [0.25, 0.3) is 0 Å². The topological polar surface area (TPSA) is 41.5 Å². The number of rotatable bonds is 2. The van der Waals surface area contributed by atoms with Gasteiger partial charge in [0.2, 0.25) is 0 Å². The SMILES string of the molecule is CCC1(C)SC(N[C]2CCCCCCC2)=NC1=O.[CH2].[CH2]. The van der Waals surface area contributed by atoms with Gasteiger partial charge in [0.15, 0.2) is 5.17 Å². The van der Waals surface area contributed by atoms with Crippen molar-refractivity contribution in [3.05, 3.63) is 20.9 Å². The highest BCUT2D eigenvalue weighted by molar-refractivity contribution is 8.16. The van der Waals surface area contributed by atoms with E-state index in [0.29, 0.717) is 0 Å². The maximum absolute atomic E-state index is 11.8. The van der Waals surface area contributed by atoms with Gasteiger partial charge in [0.25, 0.3) is 5.91 Å². The third-order valence-corrected chi connectivity index (χ3v) is 5.19. The number of carbonyl (C=O) groups excluding carboxylic acids is 1. The van der Waals surface area contributed by atoms with Crippen molar-refractivity contribution < 1.29 is 4.79 Å². The zero-order valence-electron chi connectivity index (χ0n) is 12.8. The number of amidine groups is 1. The molecule has 1 aliphatic carbocycles. The van der Waals surface area contributed by atoms with Crippen LogP contribution >= 0.6 is 11.8 Å². The van der Waals surface area contributed by atoms with Gasteiger partial charge in [0, 0.05) is 0 Å². The van der Waals surface area contributed by atoms with E-state index in [1.165, 1.54) is 38.1 Å². The second-order valence-electron chi connectivity index (χ2n) is 5.40. The lowest BCUT2D eigenvalue weighted by atomic mass is 9.97. The van der Waals surface area contributed by atoms with Crippen molar-refractivity contribution in [1.29, 1.82) is 0 Å². The van der Waals surface area contributed by atoms with Crippen molar-refractivity contribution in [3.63, 3.8) is 0 Å². The Balaban J connectivity index is 0.00000180. The number of carbonyl (C=O) groups is 1. The van der Waals surface area contributed by atoms with E-state index in [2.05, 4.69) is 10.3 Å². The molecule has 1 amide bonds. The van der Waals surface area contributed by atoms with Crippen molar-refractivity contribution in [3.8, 4) is 0 Å². The Morgan fingerprint density at radius 1 is 1.15 bits per heavy atom. The Hall–Kier alpha value is -0.510. The largest absolute Gasteiger partial charge is 0.357 e. The molecule has 0 aromatic heterocycles.